The average molecular weight is 331 g/mol. The third-order valence-electron chi connectivity index (χ3n) is 3.39. The maximum atomic E-state index is 8.88. The lowest BCUT2D eigenvalue weighted by atomic mass is 10.2. The van der Waals surface area contributed by atoms with Gasteiger partial charge in [0.05, 0.1) is 18.7 Å². The van der Waals surface area contributed by atoms with Crippen molar-refractivity contribution in [2.24, 2.45) is 0 Å². The lowest BCUT2D eigenvalue weighted by Crippen LogP contribution is -2.24. The number of likely N-dealkylation sites (N-methyl/N-ethyl adjacent to an activating group) is 1. The van der Waals surface area contributed by atoms with E-state index in [0.29, 0.717) is 29.5 Å². The third kappa shape index (κ3) is 5.17. The van der Waals surface area contributed by atoms with Crippen LogP contribution < -0.4 is 9.47 Å². The predicted molar refractivity (Wildman–Crippen MR) is 91.0 cm³/mol. The smallest absolute Gasteiger partial charge is 0.123 e. The first-order valence-electron chi connectivity index (χ1n) is 7.26. The van der Waals surface area contributed by atoms with Gasteiger partial charge < -0.3 is 9.47 Å². The molecule has 2 aromatic carbocycles. The van der Waals surface area contributed by atoms with Crippen LogP contribution in [0.2, 0.25) is 5.02 Å². The second-order valence-electron chi connectivity index (χ2n) is 5.18. The van der Waals surface area contributed by atoms with E-state index < -0.39 is 0 Å². The van der Waals surface area contributed by atoms with Crippen LogP contribution in [0.25, 0.3) is 0 Å². The van der Waals surface area contributed by atoms with Crippen molar-refractivity contribution >= 4 is 11.6 Å². The number of halogens is 1. The highest BCUT2D eigenvalue weighted by molar-refractivity contribution is 6.30. The first-order chi connectivity index (χ1) is 11.1. The molecule has 120 valence electrons. The van der Waals surface area contributed by atoms with Crippen molar-refractivity contribution < 1.29 is 9.47 Å². The summed E-state index contributed by atoms with van der Waals surface area (Å²) in [6.07, 6.45) is 0. The van der Waals surface area contributed by atoms with E-state index in [4.69, 9.17) is 26.3 Å². The average Bonchev–Trinajstić information content (AvgIpc) is 2.55. The molecule has 0 saturated heterocycles. The maximum absolute atomic E-state index is 8.88. The Labute approximate surface area is 141 Å². The molecular formula is C18H19ClN2O2. The Balaban J connectivity index is 1.87. The van der Waals surface area contributed by atoms with Gasteiger partial charge in [-0.1, -0.05) is 17.7 Å². The van der Waals surface area contributed by atoms with Gasteiger partial charge in [-0.05, 0) is 43.4 Å². The highest BCUT2D eigenvalue weighted by atomic mass is 35.5. The van der Waals surface area contributed by atoms with Crippen LogP contribution in [0.15, 0.2) is 42.5 Å². The fourth-order valence-electron chi connectivity index (χ4n) is 2.22. The Morgan fingerprint density at radius 3 is 2.78 bits per heavy atom. The van der Waals surface area contributed by atoms with Gasteiger partial charge in [0.1, 0.15) is 18.1 Å². The predicted octanol–water partition coefficient (Wildman–Crippen LogP) is 3.73. The number of hydrogen-bond acceptors (Lipinski definition) is 4. The van der Waals surface area contributed by atoms with Crippen molar-refractivity contribution in [1.29, 1.82) is 5.26 Å². The number of nitriles is 1. The van der Waals surface area contributed by atoms with Crippen LogP contribution in [-0.2, 0) is 6.54 Å². The van der Waals surface area contributed by atoms with Crippen LogP contribution in [0.5, 0.6) is 11.5 Å². The van der Waals surface area contributed by atoms with Crippen LogP contribution >= 0.6 is 11.6 Å². The number of benzene rings is 2. The summed E-state index contributed by atoms with van der Waals surface area (Å²) in [5.41, 5.74) is 1.63. The summed E-state index contributed by atoms with van der Waals surface area (Å²) in [5, 5.41) is 9.57. The van der Waals surface area contributed by atoms with Crippen molar-refractivity contribution in [2.45, 2.75) is 6.54 Å². The molecule has 0 heterocycles. The molecule has 0 amide bonds. The van der Waals surface area contributed by atoms with Gasteiger partial charge in [0.15, 0.2) is 0 Å². The highest BCUT2D eigenvalue weighted by Gasteiger charge is 2.07. The highest BCUT2D eigenvalue weighted by Crippen LogP contribution is 2.23. The zero-order valence-corrected chi connectivity index (χ0v) is 14.0. The van der Waals surface area contributed by atoms with Gasteiger partial charge in [0.2, 0.25) is 0 Å². The lowest BCUT2D eigenvalue weighted by molar-refractivity contribution is 0.231. The monoisotopic (exact) mass is 330 g/mol. The molecule has 4 nitrogen and oxygen atoms in total. The van der Waals surface area contributed by atoms with Crippen LogP contribution in [0.1, 0.15) is 11.1 Å². The second-order valence-corrected chi connectivity index (χ2v) is 5.62. The molecule has 0 aromatic heterocycles. The van der Waals surface area contributed by atoms with E-state index in [-0.39, 0.29) is 0 Å². The standard InChI is InChI=1S/C18H19ClN2O2/c1-21(13-15-11-16(19)6-7-18(15)22-2)8-9-23-17-5-3-4-14(10-17)12-20/h3-7,10-11H,8-9,13H2,1-2H3. The molecule has 5 heteroatoms. The normalized spacial score (nSPS) is 10.4. The van der Waals surface area contributed by atoms with Gasteiger partial charge in [-0.2, -0.15) is 5.26 Å². The number of nitrogens with zero attached hydrogens (tertiary/aromatic N) is 2. The summed E-state index contributed by atoms with van der Waals surface area (Å²) in [6, 6.07) is 14.8. The van der Waals surface area contributed by atoms with Crippen molar-refractivity contribution in [3.05, 3.63) is 58.6 Å². The molecule has 0 fully saturated rings. The molecule has 2 aromatic rings. The largest absolute Gasteiger partial charge is 0.496 e. The molecule has 2 rings (SSSR count). The summed E-state index contributed by atoms with van der Waals surface area (Å²) in [4.78, 5) is 2.13. The van der Waals surface area contributed by atoms with E-state index in [9.17, 15) is 0 Å². The molecule has 0 aliphatic rings. The third-order valence-corrected chi connectivity index (χ3v) is 3.62. The minimum Gasteiger partial charge on any atom is -0.496 e. The molecule has 0 unspecified atom stereocenters. The van der Waals surface area contributed by atoms with E-state index in [0.717, 1.165) is 17.9 Å². The minimum absolute atomic E-state index is 0.536. The van der Waals surface area contributed by atoms with Gasteiger partial charge in [0.25, 0.3) is 0 Å². The lowest BCUT2D eigenvalue weighted by Gasteiger charge is -2.19. The Kier molecular flexibility index (Phi) is 6.28. The van der Waals surface area contributed by atoms with Gasteiger partial charge >= 0.3 is 0 Å². The molecule has 0 aliphatic carbocycles. The SMILES string of the molecule is COc1ccc(Cl)cc1CN(C)CCOc1cccc(C#N)c1. The Morgan fingerprint density at radius 2 is 2.04 bits per heavy atom. The molecule has 0 spiro atoms. The zero-order chi connectivity index (χ0) is 16.7. The minimum atomic E-state index is 0.536. The summed E-state index contributed by atoms with van der Waals surface area (Å²) in [5.74, 6) is 1.53. The molecule has 0 atom stereocenters. The van der Waals surface area contributed by atoms with Gasteiger partial charge in [0, 0.05) is 23.7 Å². The van der Waals surface area contributed by atoms with Crippen molar-refractivity contribution in [2.75, 3.05) is 27.3 Å². The molecule has 0 bridgehead atoms. The number of ether oxygens (including phenoxy) is 2. The van der Waals surface area contributed by atoms with E-state index >= 15 is 0 Å². The quantitative estimate of drug-likeness (QED) is 0.776. The van der Waals surface area contributed by atoms with Crippen molar-refractivity contribution in [3.63, 3.8) is 0 Å². The van der Waals surface area contributed by atoms with Gasteiger partial charge in [-0.3, -0.25) is 4.90 Å². The van der Waals surface area contributed by atoms with Crippen molar-refractivity contribution in [1.82, 2.24) is 4.90 Å². The molecule has 0 saturated carbocycles. The molecule has 23 heavy (non-hydrogen) atoms. The molecular weight excluding hydrogens is 312 g/mol. The van der Waals surface area contributed by atoms with Gasteiger partial charge in [-0.25, -0.2) is 0 Å². The van der Waals surface area contributed by atoms with Crippen LogP contribution in [0.3, 0.4) is 0 Å². The van der Waals surface area contributed by atoms with Crippen LogP contribution in [0, 0.1) is 11.3 Å². The number of methoxy groups -OCH3 is 1. The van der Waals surface area contributed by atoms with Crippen molar-refractivity contribution in [3.8, 4) is 17.6 Å². The fraction of sp³-hybridized carbons (Fsp3) is 0.278. The summed E-state index contributed by atoms with van der Waals surface area (Å²) >= 11 is 6.05. The Morgan fingerprint density at radius 1 is 1.22 bits per heavy atom. The number of rotatable bonds is 7. The van der Waals surface area contributed by atoms with E-state index in [2.05, 4.69) is 11.0 Å². The zero-order valence-electron chi connectivity index (χ0n) is 13.3. The Bertz CT molecular complexity index is 698. The molecule has 0 aliphatic heterocycles. The topological polar surface area (TPSA) is 45.5 Å². The van der Waals surface area contributed by atoms with E-state index in [1.165, 1.54) is 0 Å². The van der Waals surface area contributed by atoms with E-state index in [1.54, 1.807) is 19.2 Å². The second kappa shape index (κ2) is 8.42. The fourth-order valence-corrected chi connectivity index (χ4v) is 2.41. The first-order valence-corrected chi connectivity index (χ1v) is 7.64. The molecule has 0 N–H and O–H groups in total. The summed E-state index contributed by atoms with van der Waals surface area (Å²) in [7, 11) is 3.66. The number of hydrogen-bond donors (Lipinski definition) is 0. The van der Waals surface area contributed by atoms with Gasteiger partial charge in [-0.15, -0.1) is 0 Å². The summed E-state index contributed by atoms with van der Waals surface area (Å²) < 4.78 is 11.0. The molecule has 0 radical (unpaired) electrons. The summed E-state index contributed by atoms with van der Waals surface area (Å²) in [6.45, 7) is 1.99. The van der Waals surface area contributed by atoms with Crippen LogP contribution in [-0.4, -0.2) is 32.2 Å². The van der Waals surface area contributed by atoms with Crippen LogP contribution in [0.4, 0.5) is 0 Å². The first kappa shape index (κ1) is 17.1. The van der Waals surface area contributed by atoms with E-state index in [1.807, 2.05) is 37.4 Å². The maximum Gasteiger partial charge on any atom is 0.123 e. The Hall–Kier alpha value is -2.22.